The first kappa shape index (κ1) is 24.1. The molecular weight excluding hydrogens is 480 g/mol. The maximum absolute atomic E-state index is 6.23. The maximum Gasteiger partial charge on any atom is 0.222 e. The van der Waals surface area contributed by atoms with Gasteiger partial charge in [-0.25, -0.2) is 19.6 Å². The second-order valence-electron chi connectivity index (χ2n) is 9.94. The molecule has 1 aliphatic heterocycles. The minimum absolute atomic E-state index is 0.0847. The highest BCUT2D eigenvalue weighted by atomic mass is 16.5. The van der Waals surface area contributed by atoms with Crippen LogP contribution in [0, 0.1) is 0 Å². The fraction of sp³-hybridized carbons (Fsp3) is 0.370. The summed E-state index contributed by atoms with van der Waals surface area (Å²) in [5, 5.41) is 13.9. The molecule has 0 saturated heterocycles. The van der Waals surface area contributed by atoms with Crippen molar-refractivity contribution in [1.29, 1.82) is 0 Å². The Morgan fingerprint density at radius 2 is 2.00 bits per heavy atom. The number of anilines is 2. The SMILES string of the molecule is CCn1c(CN(C)C)ccc1-c1nn2c3cc(ncc13)Nc1ccnc(n1)-c1cnn(C)c1OCC[C@@H]2C. The van der Waals surface area contributed by atoms with Gasteiger partial charge in [0.1, 0.15) is 22.9 Å². The quantitative estimate of drug-likeness (QED) is 0.381. The molecule has 6 rings (SSSR count). The highest BCUT2D eigenvalue weighted by molar-refractivity contribution is 5.93. The first-order chi connectivity index (χ1) is 18.4. The summed E-state index contributed by atoms with van der Waals surface area (Å²) in [7, 11) is 6.04. The van der Waals surface area contributed by atoms with Crippen LogP contribution in [0.5, 0.6) is 5.88 Å². The largest absolute Gasteiger partial charge is 0.477 e. The predicted octanol–water partition coefficient (Wildman–Crippen LogP) is 4.26. The zero-order valence-corrected chi connectivity index (χ0v) is 22.4. The van der Waals surface area contributed by atoms with E-state index >= 15 is 0 Å². The normalized spacial score (nSPS) is 15.4. The van der Waals surface area contributed by atoms with E-state index < -0.39 is 0 Å². The number of nitrogens with one attached hydrogen (secondary N) is 1. The number of hydrogen-bond donors (Lipinski definition) is 1. The summed E-state index contributed by atoms with van der Waals surface area (Å²) in [6.45, 7) is 6.57. The standard InChI is InChI=1S/C27H32N10O/c1-6-36-18(16-34(3)4)7-8-21(36)25-19-14-29-24-13-22(19)37(33-25)17(2)10-12-38-27-20(15-30-35(27)5)26-28-11-9-23(31-24)32-26/h7-9,11,13-15,17H,6,10,12,16H2,1-5H3,(H,28,29,31,32)/t17-/m0/s1. The molecule has 0 fully saturated rings. The van der Waals surface area contributed by atoms with Gasteiger partial charge in [-0.05, 0) is 46.1 Å². The van der Waals surface area contributed by atoms with Gasteiger partial charge in [-0.15, -0.1) is 0 Å². The van der Waals surface area contributed by atoms with Gasteiger partial charge in [-0.2, -0.15) is 10.2 Å². The van der Waals surface area contributed by atoms with Gasteiger partial charge in [0.15, 0.2) is 5.82 Å². The fourth-order valence-electron chi connectivity index (χ4n) is 5.07. The fourth-order valence-corrected chi connectivity index (χ4v) is 5.07. The highest BCUT2D eigenvalue weighted by Gasteiger charge is 2.22. The van der Waals surface area contributed by atoms with Crippen molar-refractivity contribution in [2.75, 3.05) is 26.0 Å². The maximum atomic E-state index is 6.23. The van der Waals surface area contributed by atoms with Crippen LogP contribution in [0.3, 0.4) is 0 Å². The Morgan fingerprint density at radius 3 is 2.82 bits per heavy atom. The molecule has 196 valence electrons. The van der Waals surface area contributed by atoms with Crippen LogP contribution in [-0.2, 0) is 20.1 Å². The third-order valence-electron chi connectivity index (χ3n) is 6.93. The number of pyridine rings is 1. The molecule has 0 amide bonds. The van der Waals surface area contributed by atoms with Gasteiger partial charge < -0.3 is 19.5 Å². The van der Waals surface area contributed by atoms with Crippen molar-refractivity contribution in [3.05, 3.63) is 48.5 Å². The van der Waals surface area contributed by atoms with Gasteiger partial charge in [-0.3, -0.25) is 4.68 Å². The van der Waals surface area contributed by atoms with E-state index in [0.717, 1.165) is 47.4 Å². The molecule has 6 heterocycles. The van der Waals surface area contributed by atoms with Gasteiger partial charge >= 0.3 is 0 Å². The summed E-state index contributed by atoms with van der Waals surface area (Å²) in [5.41, 5.74) is 5.04. The Kier molecular flexibility index (Phi) is 6.07. The van der Waals surface area contributed by atoms with Crippen LogP contribution in [-0.4, -0.2) is 64.7 Å². The van der Waals surface area contributed by atoms with E-state index in [2.05, 4.69) is 69.6 Å². The molecule has 1 atom stereocenters. The van der Waals surface area contributed by atoms with E-state index in [1.54, 1.807) is 17.1 Å². The number of rotatable bonds is 4. The van der Waals surface area contributed by atoms with Crippen LogP contribution < -0.4 is 10.1 Å². The van der Waals surface area contributed by atoms with Gasteiger partial charge in [0.2, 0.25) is 5.88 Å². The van der Waals surface area contributed by atoms with E-state index in [-0.39, 0.29) is 6.04 Å². The van der Waals surface area contributed by atoms with Crippen molar-refractivity contribution >= 4 is 22.5 Å². The molecule has 0 aliphatic carbocycles. The van der Waals surface area contributed by atoms with Crippen molar-refractivity contribution < 1.29 is 4.74 Å². The summed E-state index contributed by atoms with van der Waals surface area (Å²) < 4.78 is 12.4. The molecule has 5 aromatic rings. The second kappa shape index (κ2) is 9.56. The highest BCUT2D eigenvalue weighted by Crippen LogP contribution is 2.34. The molecule has 0 saturated carbocycles. The zero-order chi connectivity index (χ0) is 26.4. The van der Waals surface area contributed by atoms with Gasteiger partial charge in [0, 0.05) is 56.1 Å². The molecule has 1 N–H and O–H groups in total. The molecule has 0 unspecified atom stereocenters. The number of nitrogens with zero attached hydrogens (tertiary/aromatic N) is 9. The van der Waals surface area contributed by atoms with Crippen molar-refractivity contribution in [1.82, 2.24) is 44.0 Å². The van der Waals surface area contributed by atoms with Crippen LogP contribution in [0.25, 0.3) is 33.7 Å². The third kappa shape index (κ3) is 4.18. The van der Waals surface area contributed by atoms with Gasteiger partial charge in [0.25, 0.3) is 0 Å². The Balaban J connectivity index is 1.48. The van der Waals surface area contributed by atoms with Crippen molar-refractivity contribution in [2.45, 2.75) is 39.4 Å². The third-order valence-corrected chi connectivity index (χ3v) is 6.93. The Labute approximate surface area is 221 Å². The molecule has 0 aromatic carbocycles. The summed E-state index contributed by atoms with van der Waals surface area (Å²) in [5.74, 6) is 2.52. The van der Waals surface area contributed by atoms with Gasteiger partial charge in [0.05, 0.1) is 30.1 Å². The summed E-state index contributed by atoms with van der Waals surface area (Å²) in [4.78, 5) is 16.1. The van der Waals surface area contributed by atoms with Gasteiger partial charge in [-0.1, -0.05) is 0 Å². The van der Waals surface area contributed by atoms with E-state index in [0.29, 0.717) is 29.9 Å². The molecule has 5 aromatic heterocycles. The average molecular weight is 513 g/mol. The average Bonchev–Trinajstić information content (AvgIpc) is 3.58. The lowest BCUT2D eigenvalue weighted by Gasteiger charge is -2.16. The molecule has 1 aliphatic rings. The lowest BCUT2D eigenvalue weighted by atomic mass is 10.2. The lowest BCUT2D eigenvalue weighted by Crippen LogP contribution is -2.15. The number of ether oxygens (including phenoxy) is 1. The van der Waals surface area contributed by atoms with Crippen LogP contribution >= 0.6 is 0 Å². The molecule has 0 radical (unpaired) electrons. The Morgan fingerprint density at radius 1 is 1.13 bits per heavy atom. The summed E-state index contributed by atoms with van der Waals surface area (Å²) in [6, 6.07) is 8.32. The Bertz CT molecular complexity index is 1610. The minimum atomic E-state index is 0.0847. The van der Waals surface area contributed by atoms with Crippen LogP contribution in [0.1, 0.15) is 32.0 Å². The number of fused-ring (bicyclic) bond motifs is 5. The van der Waals surface area contributed by atoms with E-state index in [9.17, 15) is 0 Å². The molecule has 38 heavy (non-hydrogen) atoms. The Hall–Kier alpha value is -4.25. The zero-order valence-electron chi connectivity index (χ0n) is 22.4. The van der Waals surface area contributed by atoms with Crippen LogP contribution in [0.4, 0.5) is 11.6 Å². The minimum Gasteiger partial charge on any atom is -0.477 e. The molecular formula is C27H32N10O. The first-order valence-corrected chi connectivity index (χ1v) is 12.9. The number of aryl methyl sites for hydroxylation is 1. The summed E-state index contributed by atoms with van der Waals surface area (Å²) >= 11 is 0. The van der Waals surface area contributed by atoms with Crippen molar-refractivity contribution in [2.24, 2.45) is 7.05 Å². The van der Waals surface area contributed by atoms with Crippen molar-refractivity contribution in [3.63, 3.8) is 0 Å². The predicted molar refractivity (Wildman–Crippen MR) is 146 cm³/mol. The summed E-state index contributed by atoms with van der Waals surface area (Å²) in [6.07, 6.45) is 6.12. The topological polar surface area (TPSA) is 104 Å². The number of hydrogen-bond acceptors (Lipinski definition) is 8. The molecule has 0 spiro atoms. The molecule has 11 nitrogen and oxygen atoms in total. The monoisotopic (exact) mass is 512 g/mol. The smallest absolute Gasteiger partial charge is 0.222 e. The molecule has 4 bridgehead atoms. The lowest BCUT2D eigenvalue weighted by molar-refractivity contribution is 0.260. The number of aromatic nitrogens is 8. The molecule has 11 heteroatoms. The van der Waals surface area contributed by atoms with Crippen molar-refractivity contribution in [3.8, 4) is 28.7 Å². The first-order valence-electron chi connectivity index (χ1n) is 12.9. The van der Waals surface area contributed by atoms with E-state index in [1.165, 1.54) is 5.69 Å². The second-order valence-corrected chi connectivity index (χ2v) is 9.94. The van der Waals surface area contributed by atoms with E-state index in [4.69, 9.17) is 19.8 Å². The van der Waals surface area contributed by atoms with Crippen LogP contribution in [0.15, 0.2) is 42.9 Å². The van der Waals surface area contributed by atoms with Crippen LogP contribution in [0.2, 0.25) is 0 Å². The van der Waals surface area contributed by atoms with E-state index in [1.807, 2.05) is 25.4 Å².